The number of hydrogen-bond acceptors (Lipinski definition) is 5. The van der Waals surface area contributed by atoms with Gasteiger partial charge >= 0.3 is 0 Å². The van der Waals surface area contributed by atoms with E-state index in [1.165, 1.54) is 0 Å². The Balaban J connectivity index is 2.67. The second-order valence-electron chi connectivity index (χ2n) is 2.71. The van der Waals surface area contributed by atoms with E-state index in [0.717, 1.165) is 27.1 Å². The molecule has 0 aromatic carbocycles. The molecule has 0 atom stereocenters. The molecule has 1 aromatic rings. The van der Waals surface area contributed by atoms with Crippen molar-refractivity contribution in [1.29, 1.82) is 0 Å². The van der Waals surface area contributed by atoms with Crippen LogP contribution in [0.1, 0.15) is 22.5 Å². The average Bonchev–Trinajstić information content (AvgIpc) is 2.58. The fourth-order valence-electron chi connectivity index (χ4n) is 1.06. The third kappa shape index (κ3) is 3.24. The predicted octanol–water partition coefficient (Wildman–Crippen LogP) is 2.03. The van der Waals surface area contributed by atoms with Crippen LogP contribution in [0, 0.1) is 0 Å². The summed E-state index contributed by atoms with van der Waals surface area (Å²) in [4.78, 5) is 5.35. The number of methoxy groups -OCH3 is 1. The smallest absolute Gasteiger partial charge is 0.103 e. The van der Waals surface area contributed by atoms with Crippen LogP contribution >= 0.6 is 23.1 Å². The van der Waals surface area contributed by atoms with Crippen molar-refractivity contribution < 1.29 is 9.84 Å². The highest BCUT2D eigenvalue weighted by molar-refractivity contribution is 7.98. The number of aromatic nitrogens is 1. The van der Waals surface area contributed by atoms with Crippen molar-refractivity contribution in [1.82, 2.24) is 4.98 Å². The summed E-state index contributed by atoms with van der Waals surface area (Å²) in [7, 11) is 1.64. The summed E-state index contributed by atoms with van der Waals surface area (Å²) in [5.41, 5.74) is 0.881. The van der Waals surface area contributed by atoms with Crippen molar-refractivity contribution in [3.8, 4) is 0 Å². The van der Waals surface area contributed by atoms with E-state index in [2.05, 4.69) is 11.9 Å². The monoisotopic (exact) mass is 233 g/mol. The lowest BCUT2D eigenvalue weighted by Crippen LogP contribution is -1.93. The van der Waals surface area contributed by atoms with Crippen LogP contribution in [0.3, 0.4) is 0 Å². The molecule has 1 heterocycles. The van der Waals surface area contributed by atoms with Gasteiger partial charge in [0.2, 0.25) is 0 Å². The highest BCUT2D eigenvalue weighted by atomic mass is 32.2. The van der Waals surface area contributed by atoms with E-state index in [1.807, 2.05) is 11.8 Å². The first kappa shape index (κ1) is 12.0. The van der Waals surface area contributed by atoms with Crippen molar-refractivity contribution in [2.45, 2.75) is 25.9 Å². The van der Waals surface area contributed by atoms with Gasteiger partial charge in [-0.2, -0.15) is 11.8 Å². The molecule has 0 saturated heterocycles. The molecule has 0 radical (unpaired) electrons. The average molecular weight is 233 g/mol. The Hall–Kier alpha value is -0.100. The molecule has 0 aliphatic rings. The summed E-state index contributed by atoms with van der Waals surface area (Å²) in [5.74, 6) is 2.02. The van der Waals surface area contributed by atoms with Gasteiger partial charge in [-0.05, 0) is 5.75 Å². The predicted molar refractivity (Wildman–Crippen MR) is 60.6 cm³/mol. The molecule has 1 aromatic heterocycles. The van der Waals surface area contributed by atoms with Gasteiger partial charge in [0.25, 0.3) is 0 Å². The maximum absolute atomic E-state index is 9.09. The summed E-state index contributed by atoms with van der Waals surface area (Å²) in [6.07, 6.45) is 0. The SMILES string of the molecule is CCSCc1nc(COC)c(CO)s1. The van der Waals surface area contributed by atoms with Crippen molar-refractivity contribution in [3.05, 3.63) is 15.6 Å². The van der Waals surface area contributed by atoms with Gasteiger partial charge in [-0.3, -0.25) is 0 Å². The molecule has 1 N–H and O–H groups in total. The Labute approximate surface area is 92.5 Å². The van der Waals surface area contributed by atoms with E-state index in [9.17, 15) is 0 Å². The van der Waals surface area contributed by atoms with Crippen LogP contribution < -0.4 is 0 Å². The first-order chi connectivity index (χ1) is 6.81. The molecule has 5 heteroatoms. The topological polar surface area (TPSA) is 42.4 Å². The lowest BCUT2D eigenvalue weighted by atomic mass is 10.4. The van der Waals surface area contributed by atoms with Crippen LogP contribution in [0.5, 0.6) is 0 Å². The van der Waals surface area contributed by atoms with E-state index >= 15 is 0 Å². The molecular weight excluding hydrogens is 218 g/mol. The van der Waals surface area contributed by atoms with E-state index < -0.39 is 0 Å². The van der Waals surface area contributed by atoms with Crippen molar-refractivity contribution in [3.63, 3.8) is 0 Å². The van der Waals surface area contributed by atoms with Gasteiger partial charge in [0.1, 0.15) is 5.01 Å². The molecule has 0 unspecified atom stereocenters. The van der Waals surface area contributed by atoms with Crippen LogP contribution in [0.15, 0.2) is 0 Å². The van der Waals surface area contributed by atoms with E-state index in [0.29, 0.717) is 6.61 Å². The summed E-state index contributed by atoms with van der Waals surface area (Å²) < 4.78 is 5.01. The highest BCUT2D eigenvalue weighted by Crippen LogP contribution is 2.23. The Bertz CT molecular complexity index is 276. The van der Waals surface area contributed by atoms with Crippen LogP contribution in [-0.4, -0.2) is 23.0 Å². The van der Waals surface area contributed by atoms with Crippen LogP contribution in [-0.2, 0) is 23.7 Å². The molecule has 0 bridgehead atoms. The van der Waals surface area contributed by atoms with Gasteiger partial charge < -0.3 is 9.84 Å². The number of hydrogen-bond donors (Lipinski definition) is 1. The van der Waals surface area contributed by atoms with Crippen molar-refractivity contribution in [2.24, 2.45) is 0 Å². The highest BCUT2D eigenvalue weighted by Gasteiger charge is 2.09. The standard InChI is InChI=1S/C9H15NO2S2/c1-3-13-6-9-10-7(5-12-2)8(4-11)14-9/h11H,3-6H2,1-2H3. The molecular formula is C9H15NO2S2. The summed E-state index contributed by atoms with van der Waals surface area (Å²) in [6.45, 7) is 2.68. The maximum Gasteiger partial charge on any atom is 0.103 e. The van der Waals surface area contributed by atoms with Gasteiger partial charge in [0, 0.05) is 12.9 Å². The minimum atomic E-state index is 0.0627. The Morgan fingerprint density at radius 3 is 2.93 bits per heavy atom. The number of ether oxygens (including phenoxy) is 1. The molecule has 0 aliphatic carbocycles. The van der Waals surface area contributed by atoms with Crippen molar-refractivity contribution >= 4 is 23.1 Å². The van der Waals surface area contributed by atoms with Crippen LogP contribution in [0.4, 0.5) is 0 Å². The number of aliphatic hydroxyl groups is 1. The van der Waals surface area contributed by atoms with Gasteiger partial charge in [0.05, 0.1) is 23.8 Å². The van der Waals surface area contributed by atoms with E-state index in [4.69, 9.17) is 9.84 Å². The van der Waals surface area contributed by atoms with Crippen LogP contribution in [0.25, 0.3) is 0 Å². The van der Waals surface area contributed by atoms with E-state index in [-0.39, 0.29) is 6.61 Å². The van der Waals surface area contributed by atoms with Crippen LogP contribution in [0.2, 0.25) is 0 Å². The Morgan fingerprint density at radius 1 is 1.57 bits per heavy atom. The fraction of sp³-hybridized carbons (Fsp3) is 0.667. The normalized spacial score (nSPS) is 10.8. The third-order valence-corrected chi connectivity index (χ3v) is 3.83. The minimum absolute atomic E-state index is 0.0627. The van der Waals surface area contributed by atoms with Gasteiger partial charge in [0.15, 0.2) is 0 Å². The quantitative estimate of drug-likeness (QED) is 0.816. The Kier molecular flexibility index (Phi) is 5.47. The second-order valence-corrected chi connectivity index (χ2v) is 5.15. The van der Waals surface area contributed by atoms with E-state index in [1.54, 1.807) is 18.4 Å². The first-order valence-electron chi connectivity index (χ1n) is 4.46. The largest absolute Gasteiger partial charge is 0.391 e. The number of thiazole rings is 1. The molecule has 14 heavy (non-hydrogen) atoms. The molecule has 0 aliphatic heterocycles. The molecule has 1 rings (SSSR count). The first-order valence-corrected chi connectivity index (χ1v) is 6.43. The molecule has 0 fully saturated rings. The third-order valence-electron chi connectivity index (χ3n) is 1.68. The minimum Gasteiger partial charge on any atom is -0.391 e. The zero-order chi connectivity index (χ0) is 10.4. The zero-order valence-corrected chi connectivity index (χ0v) is 10.1. The molecule has 3 nitrogen and oxygen atoms in total. The molecule has 0 saturated carbocycles. The zero-order valence-electron chi connectivity index (χ0n) is 8.45. The number of nitrogens with zero attached hydrogens (tertiary/aromatic N) is 1. The summed E-state index contributed by atoms with van der Waals surface area (Å²) in [6, 6.07) is 0. The molecule has 0 amide bonds. The summed E-state index contributed by atoms with van der Waals surface area (Å²) >= 11 is 3.41. The van der Waals surface area contributed by atoms with Crippen molar-refractivity contribution in [2.75, 3.05) is 12.9 Å². The lowest BCUT2D eigenvalue weighted by Gasteiger charge is -1.95. The summed E-state index contributed by atoms with van der Waals surface area (Å²) in [5, 5.41) is 10.2. The second kappa shape index (κ2) is 6.40. The Morgan fingerprint density at radius 2 is 2.36 bits per heavy atom. The van der Waals surface area contributed by atoms with Gasteiger partial charge in [-0.25, -0.2) is 4.98 Å². The maximum atomic E-state index is 9.09. The molecule has 0 spiro atoms. The number of aliphatic hydroxyl groups excluding tert-OH is 1. The molecule has 80 valence electrons. The fourth-order valence-corrected chi connectivity index (χ4v) is 2.72. The lowest BCUT2D eigenvalue weighted by molar-refractivity contribution is 0.178. The number of rotatable bonds is 6. The van der Waals surface area contributed by atoms with Gasteiger partial charge in [-0.15, -0.1) is 11.3 Å². The van der Waals surface area contributed by atoms with Gasteiger partial charge in [-0.1, -0.05) is 6.92 Å². The number of thioether (sulfide) groups is 1.